The van der Waals surface area contributed by atoms with Crippen molar-refractivity contribution in [3.8, 4) is 18.1 Å². The third-order valence-electron chi connectivity index (χ3n) is 1.60. The molecule has 0 saturated heterocycles. The number of rotatable bonds is 5. The number of nitrogens with one attached hydrogen (secondary N) is 1. The molecule has 0 aliphatic heterocycles. The largest absolute Gasteiger partial charge is 0.482 e. The highest BCUT2D eigenvalue weighted by molar-refractivity contribution is 5.77. The Morgan fingerprint density at radius 1 is 1.67 bits per heavy atom. The molecule has 0 aliphatic rings. The van der Waals surface area contributed by atoms with Gasteiger partial charge in [0.1, 0.15) is 5.75 Å². The highest BCUT2D eigenvalue weighted by Gasteiger charge is 2.00. The van der Waals surface area contributed by atoms with Gasteiger partial charge >= 0.3 is 0 Å². The standard InChI is InChI=1S/C11H12N2O2/c1-2-3-7-13-11(14)9-15-10-5-4-6-12-8-10/h1,4-6,8H,3,7,9H2,(H,13,14). The van der Waals surface area contributed by atoms with E-state index in [1.165, 1.54) is 0 Å². The summed E-state index contributed by atoms with van der Waals surface area (Å²) in [5, 5.41) is 2.63. The van der Waals surface area contributed by atoms with Gasteiger partial charge in [-0.2, -0.15) is 0 Å². The smallest absolute Gasteiger partial charge is 0.257 e. The number of pyridine rings is 1. The molecule has 0 fully saturated rings. The summed E-state index contributed by atoms with van der Waals surface area (Å²) in [5.41, 5.74) is 0. The summed E-state index contributed by atoms with van der Waals surface area (Å²) in [6.07, 6.45) is 8.75. The predicted molar refractivity (Wildman–Crippen MR) is 56.2 cm³/mol. The van der Waals surface area contributed by atoms with Gasteiger partial charge < -0.3 is 10.1 Å². The Hall–Kier alpha value is -2.02. The van der Waals surface area contributed by atoms with E-state index in [-0.39, 0.29) is 12.5 Å². The molecule has 0 unspecified atom stereocenters. The van der Waals surface area contributed by atoms with Gasteiger partial charge in [-0.1, -0.05) is 0 Å². The van der Waals surface area contributed by atoms with Gasteiger partial charge in [-0.3, -0.25) is 9.78 Å². The first-order valence-electron chi connectivity index (χ1n) is 4.56. The highest BCUT2D eigenvalue weighted by Crippen LogP contribution is 2.04. The second-order valence-electron chi connectivity index (χ2n) is 2.78. The van der Waals surface area contributed by atoms with Crippen LogP contribution in [0.15, 0.2) is 24.5 Å². The lowest BCUT2D eigenvalue weighted by Gasteiger charge is -2.05. The third kappa shape index (κ3) is 4.67. The van der Waals surface area contributed by atoms with Crippen LogP contribution in [0.3, 0.4) is 0 Å². The Bertz CT molecular complexity index is 343. The van der Waals surface area contributed by atoms with Gasteiger partial charge in [0.15, 0.2) is 6.61 Å². The van der Waals surface area contributed by atoms with E-state index in [9.17, 15) is 4.79 Å². The first-order chi connectivity index (χ1) is 7.33. The number of ether oxygens (including phenoxy) is 1. The number of terminal acetylenes is 1. The predicted octanol–water partition coefficient (Wildman–Crippen LogP) is 0.600. The Balaban J connectivity index is 2.20. The lowest BCUT2D eigenvalue weighted by atomic mass is 10.4. The summed E-state index contributed by atoms with van der Waals surface area (Å²) >= 11 is 0. The van der Waals surface area contributed by atoms with Gasteiger partial charge in [0.05, 0.1) is 6.20 Å². The summed E-state index contributed by atoms with van der Waals surface area (Å²) in [6, 6.07) is 3.48. The molecular weight excluding hydrogens is 192 g/mol. The van der Waals surface area contributed by atoms with Crippen LogP contribution in [0.4, 0.5) is 0 Å². The normalized spacial score (nSPS) is 9.00. The SMILES string of the molecule is C#CCCNC(=O)COc1cccnc1. The zero-order chi connectivity index (χ0) is 10.9. The van der Waals surface area contributed by atoms with Gasteiger partial charge in [-0.15, -0.1) is 12.3 Å². The molecule has 0 bridgehead atoms. The maximum Gasteiger partial charge on any atom is 0.257 e. The molecule has 0 aromatic carbocycles. The fourth-order valence-electron chi connectivity index (χ4n) is 0.906. The van der Waals surface area contributed by atoms with Crippen molar-refractivity contribution in [3.05, 3.63) is 24.5 Å². The number of aromatic nitrogens is 1. The molecule has 0 radical (unpaired) electrons. The van der Waals surface area contributed by atoms with E-state index >= 15 is 0 Å². The molecule has 0 aliphatic carbocycles. The molecule has 1 rings (SSSR count). The molecule has 1 amide bonds. The number of carbonyl (C=O) groups is 1. The van der Waals surface area contributed by atoms with Crippen LogP contribution in [-0.4, -0.2) is 24.0 Å². The third-order valence-corrected chi connectivity index (χ3v) is 1.60. The van der Waals surface area contributed by atoms with Crippen LogP contribution in [0.25, 0.3) is 0 Å². The lowest BCUT2D eigenvalue weighted by molar-refractivity contribution is -0.123. The second kappa shape index (κ2) is 6.44. The van der Waals surface area contributed by atoms with Crippen LogP contribution in [0.1, 0.15) is 6.42 Å². The Morgan fingerprint density at radius 3 is 3.20 bits per heavy atom. The number of hydrogen-bond donors (Lipinski definition) is 1. The number of carbonyl (C=O) groups excluding carboxylic acids is 1. The molecule has 0 atom stereocenters. The quantitative estimate of drug-likeness (QED) is 0.564. The average Bonchev–Trinajstić information content (AvgIpc) is 2.28. The van der Waals surface area contributed by atoms with Crippen molar-refractivity contribution in [2.45, 2.75) is 6.42 Å². The minimum atomic E-state index is -0.186. The van der Waals surface area contributed by atoms with Crippen molar-refractivity contribution in [1.29, 1.82) is 0 Å². The topological polar surface area (TPSA) is 51.2 Å². The van der Waals surface area contributed by atoms with E-state index in [1.807, 2.05) is 0 Å². The van der Waals surface area contributed by atoms with Crippen molar-refractivity contribution < 1.29 is 9.53 Å². The summed E-state index contributed by atoms with van der Waals surface area (Å²) in [5.74, 6) is 2.82. The second-order valence-corrected chi connectivity index (χ2v) is 2.78. The van der Waals surface area contributed by atoms with E-state index in [0.29, 0.717) is 18.7 Å². The van der Waals surface area contributed by atoms with Crippen LogP contribution in [-0.2, 0) is 4.79 Å². The fraction of sp³-hybridized carbons (Fsp3) is 0.273. The van der Waals surface area contributed by atoms with Gasteiger partial charge in [0.2, 0.25) is 0 Å². The summed E-state index contributed by atoms with van der Waals surface area (Å²) in [4.78, 5) is 15.0. The van der Waals surface area contributed by atoms with Crippen molar-refractivity contribution in [3.63, 3.8) is 0 Å². The van der Waals surface area contributed by atoms with Crippen molar-refractivity contribution in [2.24, 2.45) is 0 Å². The maximum absolute atomic E-state index is 11.2. The van der Waals surface area contributed by atoms with E-state index in [4.69, 9.17) is 11.2 Å². The molecule has 0 saturated carbocycles. The zero-order valence-electron chi connectivity index (χ0n) is 8.27. The molecule has 1 aromatic heterocycles. The van der Waals surface area contributed by atoms with Crippen LogP contribution >= 0.6 is 0 Å². The highest BCUT2D eigenvalue weighted by atomic mass is 16.5. The van der Waals surface area contributed by atoms with Crippen LogP contribution in [0, 0.1) is 12.3 Å². The monoisotopic (exact) mass is 204 g/mol. The van der Waals surface area contributed by atoms with E-state index in [2.05, 4.69) is 16.2 Å². The molecule has 1 N–H and O–H groups in total. The number of nitrogens with zero attached hydrogens (tertiary/aromatic N) is 1. The van der Waals surface area contributed by atoms with Crippen LogP contribution in [0.2, 0.25) is 0 Å². The summed E-state index contributed by atoms with van der Waals surface area (Å²) < 4.78 is 5.17. The molecule has 1 aromatic rings. The molecular formula is C11H12N2O2. The molecule has 4 nitrogen and oxygen atoms in total. The van der Waals surface area contributed by atoms with Crippen LogP contribution in [0.5, 0.6) is 5.75 Å². The maximum atomic E-state index is 11.2. The number of hydrogen-bond acceptors (Lipinski definition) is 3. The molecule has 0 spiro atoms. The minimum absolute atomic E-state index is 0.0176. The zero-order valence-corrected chi connectivity index (χ0v) is 8.27. The van der Waals surface area contributed by atoms with E-state index < -0.39 is 0 Å². The molecule has 1 heterocycles. The van der Waals surface area contributed by atoms with Crippen molar-refractivity contribution >= 4 is 5.91 Å². The molecule has 78 valence electrons. The first-order valence-corrected chi connectivity index (χ1v) is 4.56. The molecule has 15 heavy (non-hydrogen) atoms. The fourth-order valence-corrected chi connectivity index (χ4v) is 0.906. The Morgan fingerprint density at radius 2 is 2.53 bits per heavy atom. The average molecular weight is 204 g/mol. The number of amides is 1. The van der Waals surface area contributed by atoms with Gasteiger partial charge in [-0.05, 0) is 12.1 Å². The Kier molecular flexibility index (Phi) is 4.74. The lowest BCUT2D eigenvalue weighted by Crippen LogP contribution is -2.29. The van der Waals surface area contributed by atoms with Crippen LogP contribution < -0.4 is 10.1 Å². The van der Waals surface area contributed by atoms with Crippen molar-refractivity contribution in [2.75, 3.05) is 13.2 Å². The van der Waals surface area contributed by atoms with Gasteiger partial charge in [0, 0.05) is 19.2 Å². The minimum Gasteiger partial charge on any atom is -0.482 e. The summed E-state index contributed by atoms with van der Waals surface area (Å²) in [7, 11) is 0. The van der Waals surface area contributed by atoms with E-state index in [1.54, 1.807) is 24.5 Å². The van der Waals surface area contributed by atoms with Gasteiger partial charge in [0.25, 0.3) is 5.91 Å². The first kappa shape index (κ1) is 11.1. The Labute approximate surface area is 88.7 Å². The van der Waals surface area contributed by atoms with Crippen molar-refractivity contribution in [1.82, 2.24) is 10.3 Å². The summed E-state index contributed by atoms with van der Waals surface area (Å²) in [6.45, 7) is 0.460. The molecule has 4 heteroatoms. The van der Waals surface area contributed by atoms with E-state index in [0.717, 1.165) is 0 Å². The van der Waals surface area contributed by atoms with Gasteiger partial charge in [-0.25, -0.2) is 0 Å².